The molecule has 0 aliphatic heterocycles. The molecule has 0 atom stereocenters. The fraction of sp³-hybridized carbons (Fsp3) is 0.143. The molecule has 0 saturated heterocycles. The fourth-order valence-corrected chi connectivity index (χ4v) is 1.71. The summed E-state index contributed by atoms with van der Waals surface area (Å²) in [5, 5.41) is 5.51. The molecular formula is C7H2Cl3N3O2S. The predicted octanol–water partition coefficient (Wildman–Crippen LogP) is 2.83. The van der Waals surface area contributed by atoms with Crippen LogP contribution in [0.3, 0.4) is 0 Å². The van der Waals surface area contributed by atoms with Crippen molar-refractivity contribution in [1.82, 2.24) is 15.1 Å². The number of nitrogens with zero attached hydrogens (tertiary/aromatic N) is 3. The first kappa shape index (κ1) is 11.8. The Morgan fingerprint density at radius 3 is 2.62 bits per heavy atom. The molecule has 2 rings (SSSR count). The summed E-state index contributed by atoms with van der Waals surface area (Å²) in [4.78, 5) is 18.2. The molecular weight excluding hydrogens is 297 g/mol. The SMILES string of the molecule is O=Cc1nc(-c2noc(C(Cl)(Cl)Cl)n2)cs1. The van der Waals surface area contributed by atoms with Crippen molar-refractivity contribution in [2.45, 2.75) is 3.79 Å². The lowest BCUT2D eigenvalue weighted by molar-refractivity contribution is 0.112. The minimum atomic E-state index is -1.77. The Bertz CT molecular complexity index is 519. The zero-order valence-electron chi connectivity index (χ0n) is 7.35. The number of hydrogen-bond donors (Lipinski definition) is 0. The number of aromatic nitrogens is 3. The van der Waals surface area contributed by atoms with Gasteiger partial charge in [0.05, 0.1) is 0 Å². The normalized spacial score (nSPS) is 11.7. The smallest absolute Gasteiger partial charge is 0.279 e. The Kier molecular flexibility index (Phi) is 3.16. The fourth-order valence-electron chi connectivity index (χ4n) is 0.887. The Morgan fingerprint density at radius 2 is 2.12 bits per heavy atom. The van der Waals surface area contributed by atoms with Gasteiger partial charge in [0, 0.05) is 5.38 Å². The Morgan fingerprint density at radius 1 is 1.38 bits per heavy atom. The van der Waals surface area contributed by atoms with E-state index in [0.29, 0.717) is 17.0 Å². The number of thiazole rings is 1. The van der Waals surface area contributed by atoms with Crippen LogP contribution in [0.1, 0.15) is 15.7 Å². The van der Waals surface area contributed by atoms with Gasteiger partial charge in [0.15, 0.2) is 11.3 Å². The molecule has 2 aromatic rings. The predicted molar refractivity (Wildman–Crippen MR) is 60.0 cm³/mol. The maximum absolute atomic E-state index is 10.4. The molecule has 84 valence electrons. The zero-order valence-corrected chi connectivity index (χ0v) is 10.4. The molecule has 0 N–H and O–H groups in total. The van der Waals surface area contributed by atoms with Crippen LogP contribution in [-0.4, -0.2) is 21.4 Å². The second kappa shape index (κ2) is 4.29. The van der Waals surface area contributed by atoms with Gasteiger partial charge in [-0.15, -0.1) is 11.3 Å². The summed E-state index contributed by atoms with van der Waals surface area (Å²) in [7, 11) is 0. The first-order chi connectivity index (χ1) is 7.50. The lowest BCUT2D eigenvalue weighted by atomic mass is 10.5. The van der Waals surface area contributed by atoms with E-state index in [4.69, 9.17) is 39.3 Å². The second-order valence-corrected chi connectivity index (χ2v) is 5.78. The largest absolute Gasteiger partial charge is 0.334 e. The van der Waals surface area contributed by atoms with Crippen molar-refractivity contribution in [3.05, 3.63) is 16.3 Å². The van der Waals surface area contributed by atoms with Gasteiger partial charge in [0.1, 0.15) is 5.69 Å². The van der Waals surface area contributed by atoms with Crippen LogP contribution < -0.4 is 0 Å². The van der Waals surface area contributed by atoms with Crippen LogP contribution in [0, 0.1) is 0 Å². The third-order valence-electron chi connectivity index (χ3n) is 1.52. The molecule has 0 aliphatic carbocycles. The first-order valence-corrected chi connectivity index (χ1v) is 5.84. The van der Waals surface area contributed by atoms with Gasteiger partial charge in [0.2, 0.25) is 5.82 Å². The Balaban J connectivity index is 2.35. The van der Waals surface area contributed by atoms with Gasteiger partial charge in [-0.25, -0.2) is 4.98 Å². The van der Waals surface area contributed by atoms with E-state index < -0.39 is 3.79 Å². The highest BCUT2D eigenvalue weighted by Gasteiger charge is 2.31. The van der Waals surface area contributed by atoms with Crippen molar-refractivity contribution >= 4 is 52.4 Å². The summed E-state index contributed by atoms with van der Waals surface area (Å²) in [5.74, 6) is 0.0267. The molecule has 0 radical (unpaired) electrons. The van der Waals surface area contributed by atoms with Gasteiger partial charge >= 0.3 is 0 Å². The van der Waals surface area contributed by atoms with Crippen molar-refractivity contribution in [1.29, 1.82) is 0 Å². The highest BCUT2D eigenvalue weighted by Crippen LogP contribution is 2.37. The zero-order chi connectivity index (χ0) is 11.8. The van der Waals surface area contributed by atoms with Crippen LogP contribution in [-0.2, 0) is 3.79 Å². The molecule has 0 bridgehead atoms. The van der Waals surface area contributed by atoms with Gasteiger partial charge in [-0.3, -0.25) is 4.79 Å². The van der Waals surface area contributed by atoms with E-state index in [0.717, 1.165) is 11.3 Å². The van der Waals surface area contributed by atoms with Crippen LogP contribution in [0.15, 0.2) is 9.90 Å². The third-order valence-corrected chi connectivity index (χ3v) is 2.78. The van der Waals surface area contributed by atoms with E-state index in [1.165, 1.54) is 0 Å². The molecule has 0 aromatic carbocycles. The molecule has 0 fully saturated rings. The van der Waals surface area contributed by atoms with E-state index in [1.807, 2.05) is 0 Å². The number of alkyl halides is 3. The van der Waals surface area contributed by atoms with Crippen LogP contribution in [0.25, 0.3) is 11.5 Å². The van der Waals surface area contributed by atoms with Crippen molar-refractivity contribution in [2.24, 2.45) is 0 Å². The van der Waals surface area contributed by atoms with E-state index >= 15 is 0 Å². The van der Waals surface area contributed by atoms with Gasteiger partial charge in [-0.2, -0.15) is 4.98 Å². The molecule has 0 saturated carbocycles. The molecule has 0 spiro atoms. The molecule has 0 unspecified atom stereocenters. The first-order valence-electron chi connectivity index (χ1n) is 3.82. The topological polar surface area (TPSA) is 68.9 Å². The molecule has 2 heterocycles. The third kappa shape index (κ3) is 2.35. The van der Waals surface area contributed by atoms with Gasteiger partial charge < -0.3 is 4.52 Å². The maximum atomic E-state index is 10.4. The standard InChI is InChI=1S/C7H2Cl3N3O2S/c8-7(9,10)6-12-5(13-15-6)3-2-16-4(1-14)11-3/h1-2H. The van der Waals surface area contributed by atoms with E-state index in [2.05, 4.69) is 15.1 Å². The summed E-state index contributed by atoms with van der Waals surface area (Å²) in [5.41, 5.74) is 0.399. The van der Waals surface area contributed by atoms with Crippen molar-refractivity contribution in [3.63, 3.8) is 0 Å². The monoisotopic (exact) mass is 297 g/mol. The second-order valence-electron chi connectivity index (χ2n) is 2.61. The highest BCUT2D eigenvalue weighted by molar-refractivity contribution is 7.11. The number of carbonyl (C=O) groups excluding carboxylic acids is 1. The van der Waals surface area contributed by atoms with E-state index in [1.54, 1.807) is 5.38 Å². The Hall–Kier alpha value is -0.690. The number of hydrogen-bond acceptors (Lipinski definition) is 6. The average molecular weight is 299 g/mol. The molecule has 16 heavy (non-hydrogen) atoms. The number of halogens is 3. The van der Waals surface area contributed by atoms with E-state index in [9.17, 15) is 4.79 Å². The summed E-state index contributed by atoms with van der Waals surface area (Å²) in [6, 6.07) is 0. The minimum Gasteiger partial charge on any atom is -0.334 e. The summed E-state index contributed by atoms with van der Waals surface area (Å²) >= 11 is 17.8. The van der Waals surface area contributed by atoms with Gasteiger partial charge in [0.25, 0.3) is 9.68 Å². The molecule has 0 aliphatic rings. The van der Waals surface area contributed by atoms with Crippen molar-refractivity contribution in [3.8, 4) is 11.5 Å². The lowest BCUT2D eigenvalue weighted by Gasteiger charge is -2.01. The van der Waals surface area contributed by atoms with Crippen LogP contribution in [0.5, 0.6) is 0 Å². The van der Waals surface area contributed by atoms with Crippen LogP contribution in [0.4, 0.5) is 0 Å². The quantitative estimate of drug-likeness (QED) is 0.630. The van der Waals surface area contributed by atoms with Crippen molar-refractivity contribution < 1.29 is 9.32 Å². The number of carbonyl (C=O) groups is 1. The van der Waals surface area contributed by atoms with Crippen LogP contribution >= 0.6 is 46.1 Å². The number of aldehydes is 1. The minimum absolute atomic E-state index is 0.145. The molecule has 9 heteroatoms. The van der Waals surface area contributed by atoms with Crippen LogP contribution in [0.2, 0.25) is 0 Å². The molecule has 5 nitrogen and oxygen atoms in total. The lowest BCUT2D eigenvalue weighted by Crippen LogP contribution is -1.99. The maximum Gasteiger partial charge on any atom is 0.279 e. The van der Waals surface area contributed by atoms with E-state index in [-0.39, 0.29) is 11.7 Å². The molecule has 2 aromatic heterocycles. The van der Waals surface area contributed by atoms with Crippen molar-refractivity contribution in [2.75, 3.05) is 0 Å². The van der Waals surface area contributed by atoms with Gasteiger partial charge in [-0.05, 0) is 0 Å². The summed E-state index contributed by atoms with van der Waals surface area (Å²) in [6.45, 7) is 0. The highest BCUT2D eigenvalue weighted by atomic mass is 35.6. The van der Waals surface area contributed by atoms with Gasteiger partial charge in [-0.1, -0.05) is 40.0 Å². The summed E-state index contributed by atoms with van der Waals surface area (Å²) < 4.78 is 2.98. The summed E-state index contributed by atoms with van der Waals surface area (Å²) in [6.07, 6.45) is 0.629. The Labute approximate surface area is 108 Å². The molecule has 0 amide bonds. The number of rotatable bonds is 2. The average Bonchev–Trinajstić information content (AvgIpc) is 2.85.